The van der Waals surface area contributed by atoms with Gasteiger partial charge in [0.05, 0.1) is 36.4 Å². The number of hydrogen-bond acceptors (Lipinski definition) is 22. The van der Waals surface area contributed by atoms with Crippen LogP contribution >= 0.6 is 0 Å². The molecule has 1 aliphatic rings. The first-order chi connectivity index (χ1) is 52.1. The molecule has 6 aromatic rings. The Balaban J connectivity index is 0.000000769. The minimum Gasteiger partial charge on any atom is -0.449 e. The van der Waals surface area contributed by atoms with E-state index in [1.165, 1.54) is 0 Å². The van der Waals surface area contributed by atoms with E-state index in [4.69, 9.17) is 45.2 Å². The maximum atomic E-state index is 13.3. The molecule has 0 unspecified atom stereocenters. The zero-order chi connectivity index (χ0) is 81.4. The number of likely N-dealkylation sites (N-methyl/N-ethyl adjacent to an activating group) is 1. The standard InChI is InChI=1S/C30H41N3O5.C22H34N4O3S.C21H32N4O3S.C3H10N2.C2H8N2.CH3F.CH4/c1-30(2,3)38-28(35)32-19-10-9-16-26(27(34)17-11-18-31-4)33-29(36)37-20-25-23-14-7-5-12-21(23)22-13-6-8-15-24(22)25;1-24-16-8-13-21(27)19(11-4-5-15-23)25-30(28,29)22-14-7-9-17-18(22)10-6-12-20(17)26(2)3;1-25(2)19-11-5-9-17-16(19)8-6-13-21(17)29(27,28)24-18(10-3-4-14-22)20(26)12-7-15-23;1-5-3-2-4;3-1-2-4;1-2;/h5-8,12-15,25-26,31H,9-11,16-20H2,1-4H3,(H,32,35)(H,33,36);6-7,9-10,12,14,19,24-25H,4-5,8,11,13,15-16,23H2,1-3H3;5-6,8-9,11,13,18,24H,3-4,7,10,12,14-15,22-23H2,1-2H3;5H,2-4H2,1H3;1-4H2;1H3;1H4/t26-;19-;18-;;;;/m010..../s1/i;;;;;1D;. The predicted octanol–water partition coefficient (Wildman–Crippen LogP) is 8.69. The second-order valence-electron chi connectivity index (χ2n) is 27.1. The lowest BCUT2D eigenvalue weighted by Gasteiger charge is -2.20. The van der Waals surface area contributed by atoms with Crippen LogP contribution in [0.5, 0.6) is 0 Å². The number of nitrogens with two attached hydrogens (primary N) is 6. The van der Waals surface area contributed by atoms with Crippen LogP contribution in [-0.2, 0) is 43.9 Å². The third kappa shape index (κ3) is 35.5. The molecule has 0 saturated carbocycles. The maximum Gasteiger partial charge on any atom is 0.407 e. The Morgan fingerprint density at radius 2 is 0.862 bits per heavy atom. The van der Waals surface area contributed by atoms with Crippen LogP contribution in [0.2, 0.25) is 0 Å². The van der Waals surface area contributed by atoms with Gasteiger partial charge in [0.1, 0.15) is 12.2 Å². The molecule has 1 aliphatic carbocycles. The van der Waals surface area contributed by atoms with E-state index in [2.05, 4.69) is 60.3 Å². The molecule has 3 atom stereocenters. The number of Topliss-reactive ketones (excluding diaryl/α,β-unsaturated/α-hetero) is 3. The van der Waals surface area contributed by atoms with Gasteiger partial charge in [0.15, 0.2) is 17.3 Å². The zero-order valence-electron chi connectivity index (χ0n) is 66.5. The lowest BCUT2D eigenvalue weighted by Crippen LogP contribution is -2.41. The number of carbonyl (C=O) groups excluding carboxylic acids is 5. The van der Waals surface area contributed by atoms with Gasteiger partial charge in [-0.15, -0.1) is 0 Å². The molecule has 0 radical (unpaired) electrons. The Hall–Kier alpha value is -7.62. The van der Waals surface area contributed by atoms with Gasteiger partial charge >= 0.3 is 12.2 Å². The van der Waals surface area contributed by atoms with Crippen LogP contribution in [0.1, 0.15) is 143 Å². The third-order valence-corrected chi connectivity index (χ3v) is 20.1. The number of carbonyl (C=O) groups is 5. The molecule has 0 spiro atoms. The number of unbranched alkanes of at least 4 members (excludes halogenated alkanes) is 3. The fraction of sp³-hybridized carbons (Fsp3) is 0.537. The number of anilines is 2. The van der Waals surface area contributed by atoms with Crippen molar-refractivity contribution in [1.29, 1.82) is 0 Å². The predicted molar refractivity (Wildman–Crippen MR) is 445 cm³/mol. The second-order valence-corrected chi connectivity index (χ2v) is 30.4. The Bertz CT molecular complexity index is 3830. The van der Waals surface area contributed by atoms with Crippen LogP contribution < -0.4 is 80.2 Å². The van der Waals surface area contributed by atoms with Crippen molar-refractivity contribution in [2.24, 2.45) is 34.4 Å². The number of nitrogens with zero attached hydrogens (tertiary/aromatic N) is 2. The minimum absolute atomic E-state index is 0. The van der Waals surface area contributed by atoms with Gasteiger partial charge in [-0.3, -0.25) is 18.8 Å². The Morgan fingerprint density at radius 1 is 0.477 bits per heavy atom. The first kappa shape index (κ1) is 97.5. The van der Waals surface area contributed by atoms with E-state index in [0.717, 1.165) is 76.9 Å². The van der Waals surface area contributed by atoms with Gasteiger partial charge in [-0.2, -0.15) is 0 Å². The van der Waals surface area contributed by atoms with Crippen LogP contribution in [0.4, 0.5) is 25.4 Å². The van der Waals surface area contributed by atoms with E-state index in [1.54, 1.807) is 36.4 Å². The number of ether oxygens (including phenoxy) is 2. The summed E-state index contributed by atoms with van der Waals surface area (Å²) in [6.45, 7) is 11.8. The number of amides is 2. The van der Waals surface area contributed by atoms with E-state index in [9.17, 15) is 45.2 Å². The highest BCUT2D eigenvalue weighted by molar-refractivity contribution is 7.90. The number of nitrogens with one attached hydrogen (secondary N) is 7. The molecule has 612 valence electrons. The molecular formula is C80H132FN15O11S2. The summed E-state index contributed by atoms with van der Waals surface area (Å²) in [7, 11) is 4.46. The topological polar surface area (TPSA) is 419 Å². The van der Waals surface area contributed by atoms with E-state index >= 15 is 0 Å². The highest BCUT2D eigenvalue weighted by Gasteiger charge is 2.32. The number of alkyl carbamates (subject to hydrolysis) is 2. The van der Waals surface area contributed by atoms with Gasteiger partial charge in [-0.1, -0.05) is 117 Å². The second kappa shape index (κ2) is 54.9. The molecule has 109 heavy (non-hydrogen) atoms. The third-order valence-electron chi connectivity index (χ3n) is 17.0. The molecule has 29 heteroatoms. The smallest absolute Gasteiger partial charge is 0.407 e. The van der Waals surface area contributed by atoms with Gasteiger partial charge in [-0.25, -0.2) is 35.9 Å². The lowest BCUT2D eigenvalue weighted by molar-refractivity contribution is -0.121. The minimum atomic E-state index is -3.89. The molecule has 2 amide bonds. The van der Waals surface area contributed by atoms with Gasteiger partial charge in [0.25, 0.3) is 0 Å². The highest BCUT2D eigenvalue weighted by atomic mass is 32.2. The summed E-state index contributed by atoms with van der Waals surface area (Å²) < 4.78 is 84.8. The van der Waals surface area contributed by atoms with E-state index < -0.39 is 63.1 Å². The Morgan fingerprint density at radius 3 is 1.25 bits per heavy atom. The summed E-state index contributed by atoms with van der Waals surface area (Å²) >= 11 is 0. The van der Waals surface area contributed by atoms with E-state index in [-0.39, 0.29) is 53.5 Å². The van der Waals surface area contributed by atoms with Crippen LogP contribution in [0.25, 0.3) is 32.7 Å². The molecule has 6 aromatic carbocycles. The molecule has 7 rings (SSSR count). The number of fused-ring (bicyclic) bond motifs is 5. The SMILES string of the molecule is C.CN(C)c1cccc2c(S(=O)(=O)N[C@@H](CCCCN)C(=O)CCCN)cccc12.CNCCCC(=O)[C@@H](CCCCN)NS(=O)(=O)c1cccc2c(N(C)C)cccc12.CNCCCC(=O)[C@H](CCCCNC(=O)OC(C)(C)C)NC(=O)OCC1c2ccccc2-c2ccccc21.CNCCN.NCCN.[2H]CF. The van der Waals surface area contributed by atoms with Crippen molar-refractivity contribution >= 4 is 82.5 Å². The summed E-state index contributed by atoms with van der Waals surface area (Å²) in [5, 5.41) is 17.4. The number of halogens is 1. The number of sulfonamides is 2. The van der Waals surface area contributed by atoms with Crippen LogP contribution in [0, 0.1) is 0 Å². The summed E-state index contributed by atoms with van der Waals surface area (Å²) in [5.74, 6) is -0.281. The molecule has 0 fully saturated rings. The van der Waals surface area contributed by atoms with Crippen LogP contribution in [-0.4, -0.2) is 199 Å². The fourth-order valence-corrected chi connectivity index (χ4v) is 14.7. The fourth-order valence-electron chi connectivity index (χ4n) is 11.7. The molecule has 0 saturated heterocycles. The monoisotopic (exact) mass is 1560 g/mol. The normalized spacial score (nSPS) is 12.4. The average Bonchev–Trinajstić information content (AvgIpc) is 1.42. The first-order valence-electron chi connectivity index (χ1n) is 37.9. The van der Waals surface area contributed by atoms with Gasteiger partial charge < -0.3 is 80.3 Å². The van der Waals surface area contributed by atoms with Crippen molar-refractivity contribution in [1.82, 2.24) is 36.0 Å². The number of hydrogen-bond donors (Lipinski definition) is 13. The summed E-state index contributed by atoms with van der Waals surface area (Å²) in [6.07, 6.45) is 7.32. The number of alkyl halides is 1. The van der Waals surface area contributed by atoms with Crippen molar-refractivity contribution in [3.8, 4) is 11.1 Å². The number of ketones is 3. The molecule has 0 heterocycles. The molecular weight excluding hydrogens is 1430 g/mol. The van der Waals surface area contributed by atoms with Gasteiger partial charge in [-0.05, 0) is 185 Å². The van der Waals surface area contributed by atoms with Crippen molar-refractivity contribution in [2.75, 3.05) is 138 Å². The Kier molecular flexibility index (Phi) is 49.1. The van der Waals surface area contributed by atoms with Crippen molar-refractivity contribution in [3.63, 3.8) is 0 Å². The van der Waals surface area contributed by atoms with E-state index in [1.807, 2.05) is 141 Å². The summed E-state index contributed by atoms with van der Waals surface area (Å²) in [6, 6.07) is 35.8. The van der Waals surface area contributed by atoms with Crippen molar-refractivity contribution in [3.05, 3.63) is 132 Å². The largest absolute Gasteiger partial charge is 0.449 e. The summed E-state index contributed by atoms with van der Waals surface area (Å²) in [5.41, 5.74) is 37.4. The number of benzene rings is 6. The summed E-state index contributed by atoms with van der Waals surface area (Å²) in [4.78, 5) is 67.1. The van der Waals surface area contributed by atoms with Gasteiger partial charge in [0, 0.05) is 119 Å². The van der Waals surface area contributed by atoms with E-state index in [0.29, 0.717) is 134 Å². The van der Waals surface area contributed by atoms with Crippen molar-refractivity contribution < 1.29 is 56.0 Å². The molecule has 0 aromatic heterocycles. The van der Waals surface area contributed by atoms with Gasteiger partial charge in [0.2, 0.25) is 20.0 Å². The van der Waals surface area contributed by atoms with Crippen LogP contribution in [0.15, 0.2) is 131 Å². The average molecular weight is 1560 g/mol. The quantitative estimate of drug-likeness (QED) is 0.0160. The molecule has 19 N–H and O–H groups in total. The molecule has 26 nitrogen and oxygen atoms in total. The zero-order valence-corrected chi connectivity index (χ0v) is 67.1. The highest BCUT2D eigenvalue weighted by Crippen LogP contribution is 2.44. The maximum absolute atomic E-state index is 13.3. The lowest BCUT2D eigenvalue weighted by atomic mass is 9.98. The van der Waals surface area contributed by atoms with Crippen molar-refractivity contribution in [2.45, 2.75) is 164 Å². The first-order valence-corrected chi connectivity index (χ1v) is 40.1. The number of rotatable bonds is 41. The molecule has 0 aliphatic heterocycles. The van der Waals surface area contributed by atoms with Crippen LogP contribution in [0.3, 0.4) is 0 Å². The molecule has 0 bridgehead atoms. The Labute approximate surface area is 651 Å².